The Morgan fingerprint density at radius 2 is 0.913 bits per heavy atom. The number of alkyl halides is 6. The van der Waals surface area contributed by atoms with Crippen molar-refractivity contribution < 1.29 is 45.8 Å². The third-order valence-electron chi connectivity index (χ3n) is 2.51. The molecule has 0 saturated carbocycles. The maximum Gasteiger partial charge on any atom is 2.00 e. The van der Waals surface area contributed by atoms with Crippen molar-refractivity contribution >= 4 is 0 Å². The smallest absolute Gasteiger partial charge is 0.199 e. The Morgan fingerprint density at radius 3 is 1.09 bits per heavy atom. The molecule has 2 aromatic carbocycles. The summed E-state index contributed by atoms with van der Waals surface area (Å²) in [5.74, 6) is 0. The van der Waals surface area contributed by atoms with Crippen LogP contribution in [0.1, 0.15) is 22.3 Å². The largest absolute Gasteiger partial charge is 2.00 e. The molecular formula is C16H12F6Zn. The van der Waals surface area contributed by atoms with Crippen LogP contribution in [0.2, 0.25) is 0 Å². The second-order valence-corrected chi connectivity index (χ2v) is 4.40. The van der Waals surface area contributed by atoms with Gasteiger partial charge in [-0.3, -0.25) is 0 Å². The van der Waals surface area contributed by atoms with Crippen LogP contribution in [0.3, 0.4) is 0 Å². The van der Waals surface area contributed by atoms with Crippen molar-refractivity contribution in [1.29, 1.82) is 0 Å². The SMILES string of the molecule is [CH2-]c1cccc(C(F)(F)F)c1.[CH2-]c1cccc(C(F)(F)F)c1.[Zn+2]. The zero-order chi connectivity index (χ0) is 17.0. The molecule has 0 atom stereocenters. The Kier molecular flexibility index (Phi) is 7.71. The van der Waals surface area contributed by atoms with Gasteiger partial charge in [0, 0.05) is 0 Å². The van der Waals surface area contributed by atoms with Crippen LogP contribution in [-0.2, 0) is 31.8 Å². The Bertz CT molecular complexity index is 561. The van der Waals surface area contributed by atoms with E-state index < -0.39 is 23.5 Å². The summed E-state index contributed by atoms with van der Waals surface area (Å²) in [6.45, 7) is 6.79. The van der Waals surface area contributed by atoms with Crippen molar-refractivity contribution in [3.8, 4) is 0 Å². The molecule has 0 aliphatic carbocycles. The quantitative estimate of drug-likeness (QED) is 0.308. The van der Waals surface area contributed by atoms with E-state index in [1.165, 1.54) is 24.3 Å². The van der Waals surface area contributed by atoms with E-state index in [0.717, 1.165) is 24.3 Å². The van der Waals surface area contributed by atoms with Gasteiger partial charge in [0.05, 0.1) is 0 Å². The van der Waals surface area contributed by atoms with Crippen molar-refractivity contribution in [2.24, 2.45) is 0 Å². The fraction of sp³-hybridized carbons (Fsp3) is 0.125. The predicted molar refractivity (Wildman–Crippen MR) is 71.8 cm³/mol. The van der Waals surface area contributed by atoms with E-state index >= 15 is 0 Å². The Labute approximate surface area is 143 Å². The molecule has 120 valence electrons. The Balaban J connectivity index is 0.000000403. The van der Waals surface area contributed by atoms with Gasteiger partial charge in [-0.05, 0) is 11.1 Å². The third-order valence-corrected chi connectivity index (χ3v) is 2.51. The first-order valence-corrected chi connectivity index (χ1v) is 5.98. The predicted octanol–water partition coefficient (Wildman–Crippen LogP) is 5.77. The van der Waals surface area contributed by atoms with Gasteiger partial charge >= 0.3 is 31.8 Å². The molecule has 0 nitrogen and oxygen atoms in total. The van der Waals surface area contributed by atoms with Crippen LogP contribution in [0, 0.1) is 13.8 Å². The number of hydrogen-bond acceptors (Lipinski definition) is 0. The van der Waals surface area contributed by atoms with Gasteiger partial charge in [0.1, 0.15) is 0 Å². The van der Waals surface area contributed by atoms with Gasteiger partial charge < -0.3 is 0 Å². The standard InChI is InChI=1S/2C8H6F3.Zn/c2*1-6-3-2-4-7(5-6)8(9,10)11;/h2*2-5H,1H2;/q2*-1;+2. The Morgan fingerprint density at radius 1 is 0.609 bits per heavy atom. The van der Waals surface area contributed by atoms with Crippen LogP contribution in [0.25, 0.3) is 0 Å². The summed E-state index contributed by atoms with van der Waals surface area (Å²) in [6.07, 6.45) is -8.51. The molecule has 0 aliphatic rings. The van der Waals surface area contributed by atoms with E-state index in [4.69, 9.17) is 0 Å². The third kappa shape index (κ3) is 7.46. The van der Waals surface area contributed by atoms with Crippen molar-refractivity contribution in [3.05, 3.63) is 84.6 Å². The second kappa shape index (κ2) is 8.30. The summed E-state index contributed by atoms with van der Waals surface area (Å²) < 4.78 is 71.6. The molecule has 0 spiro atoms. The molecule has 0 aliphatic heterocycles. The maximum absolute atomic E-state index is 11.9. The molecule has 0 fully saturated rings. The minimum atomic E-state index is -4.26. The van der Waals surface area contributed by atoms with Gasteiger partial charge in [0.25, 0.3) is 0 Å². The Hall–Kier alpha value is -1.62. The molecule has 0 saturated heterocycles. The van der Waals surface area contributed by atoms with Gasteiger partial charge in [0.15, 0.2) is 0 Å². The van der Waals surface area contributed by atoms with Crippen molar-refractivity contribution in [3.63, 3.8) is 0 Å². The monoisotopic (exact) mass is 382 g/mol. The van der Waals surface area contributed by atoms with Crippen LogP contribution in [-0.4, -0.2) is 0 Å². The first kappa shape index (κ1) is 21.4. The molecule has 23 heavy (non-hydrogen) atoms. The van der Waals surface area contributed by atoms with Gasteiger partial charge in [-0.2, -0.15) is 75.6 Å². The molecule has 0 aromatic heterocycles. The molecule has 7 heteroatoms. The molecule has 0 N–H and O–H groups in total. The fourth-order valence-corrected chi connectivity index (χ4v) is 1.50. The summed E-state index contributed by atoms with van der Waals surface area (Å²) >= 11 is 0. The summed E-state index contributed by atoms with van der Waals surface area (Å²) in [5, 5.41) is 0. The van der Waals surface area contributed by atoms with Gasteiger partial charge in [-0.25, -0.2) is 0 Å². The van der Waals surface area contributed by atoms with E-state index in [-0.39, 0.29) is 19.5 Å². The van der Waals surface area contributed by atoms with Gasteiger partial charge in [-0.15, -0.1) is 12.1 Å². The van der Waals surface area contributed by atoms with Crippen molar-refractivity contribution in [1.82, 2.24) is 0 Å². The number of hydrogen-bond donors (Lipinski definition) is 0. The first-order valence-electron chi connectivity index (χ1n) is 5.98. The minimum absolute atomic E-state index is 0. The average molecular weight is 384 g/mol. The van der Waals surface area contributed by atoms with Gasteiger partial charge in [0.2, 0.25) is 0 Å². The van der Waals surface area contributed by atoms with Crippen LogP contribution >= 0.6 is 0 Å². The second-order valence-electron chi connectivity index (χ2n) is 4.40. The zero-order valence-electron chi connectivity index (χ0n) is 12.0. The van der Waals surface area contributed by atoms with E-state index in [2.05, 4.69) is 13.8 Å². The topological polar surface area (TPSA) is 0 Å². The molecule has 0 radical (unpaired) electrons. The van der Waals surface area contributed by atoms with E-state index in [0.29, 0.717) is 11.1 Å². The van der Waals surface area contributed by atoms with E-state index in [1.54, 1.807) is 0 Å². The summed E-state index contributed by atoms with van der Waals surface area (Å²) in [4.78, 5) is 0. The van der Waals surface area contributed by atoms with E-state index in [9.17, 15) is 26.3 Å². The summed E-state index contributed by atoms with van der Waals surface area (Å²) in [6, 6.07) is 9.80. The van der Waals surface area contributed by atoms with Crippen LogP contribution in [0.15, 0.2) is 48.5 Å². The maximum atomic E-state index is 11.9. The molecule has 2 aromatic rings. The van der Waals surface area contributed by atoms with Crippen LogP contribution in [0.4, 0.5) is 26.3 Å². The fourth-order valence-electron chi connectivity index (χ4n) is 1.50. The van der Waals surface area contributed by atoms with Crippen molar-refractivity contribution in [2.45, 2.75) is 12.4 Å². The molecule has 0 bridgehead atoms. The summed E-state index contributed by atoms with van der Waals surface area (Å²) in [5.41, 5.74) is -0.547. The molecule has 0 unspecified atom stereocenters. The summed E-state index contributed by atoms with van der Waals surface area (Å²) in [7, 11) is 0. The van der Waals surface area contributed by atoms with Gasteiger partial charge in [-0.1, -0.05) is 12.1 Å². The molecule has 0 heterocycles. The minimum Gasteiger partial charge on any atom is -0.199 e. The molecule has 2 rings (SSSR count). The molecule has 0 amide bonds. The van der Waals surface area contributed by atoms with Crippen molar-refractivity contribution in [2.75, 3.05) is 0 Å². The number of rotatable bonds is 0. The van der Waals surface area contributed by atoms with E-state index in [1.807, 2.05) is 0 Å². The number of benzene rings is 2. The first-order chi connectivity index (χ1) is 10.00. The normalized spacial score (nSPS) is 11.0. The number of halogens is 6. The molecular weight excluding hydrogens is 372 g/mol. The van der Waals surface area contributed by atoms with Crippen LogP contribution < -0.4 is 0 Å². The average Bonchev–Trinajstić information content (AvgIpc) is 2.37. The van der Waals surface area contributed by atoms with Crippen LogP contribution in [0.5, 0.6) is 0 Å². The zero-order valence-corrected chi connectivity index (χ0v) is 15.0.